The van der Waals surface area contributed by atoms with Gasteiger partial charge in [0.15, 0.2) is 11.5 Å². The number of hydrogen-bond acceptors (Lipinski definition) is 12. The minimum Gasteiger partial charge on any atom is -0.390 e. The van der Waals surface area contributed by atoms with E-state index in [1.807, 2.05) is 19.2 Å². The first-order chi connectivity index (χ1) is 27.9. The molecule has 0 radical (unpaired) electrons. The third-order valence-electron chi connectivity index (χ3n) is 12.2. The molecule has 4 aliphatic heterocycles. The molecule has 1 unspecified atom stereocenters. The first-order valence-electron chi connectivity index (χ1n) is 19.9. The van der Waals surface area contributed by atoms with Crippen LogP contribution in [-0.2, 0) is 29.6 Å². The second kappa shape index (κ2) is 14.6. The zero-order valence-electron chi connectivity index (χ0n) is 32.8. The molecule has 15 heteroatoms. The lowest BCUT2D eigenvalue weighted by atomic mass is 9.87. The van der Waals surface area contributed by atoms with Crippen molar-refractivity contribution < 1.29 is 24.3 Å². The molecule has 4 amide bonds. The van der Waals surface area contributed by atoms with Gasteiger partial charge in [-0.05, 0) is 98.5 Å². The number of fused-ring (bicyclic) bond motifs is 3. The second-order valence-electron chi connectivity index (χ2n) is 16.1. The van der Waals surface area contributed by atoms with Crippen LogP contribution in [0.15, 0.2) is 60.8 Å². The number of para-hydroxylation sites is 1. The summed E-state index contributed by atoms with van der Waals surface area (Å²) >= 11 is 0. The highest BCUT2D eigenvalue weighted by Crippen LogP contribution is 2.35. The third-order valence-corrected chi connectivity index (χ3v) is 12.2. The fourth-order valence-electron chi connectivity index (χ4n) is 8.79. The zero-order valence-corrected chi connectivity index (χ0v) is 32.8. The van der Waals surface area contributed by atoms with Gasteiger partial charge in [-0.2, -0.15) is 10.1 Å². The number of carbonyl (C=O) groups excluding carboxylic acids is 4. The van der Waals surface area contributed by atoms with Gasteiger partial charge in [0.2, 0.25) is 17.8 Å². The van der Waals surface area contributed by atoms with Crippen LogP contribution in [0.25, 0.3) is 11.0 Å². The van der Waals surface area contributed by atoms with E-state index < -0.39 is 35.3 Å². The molecule has 0 saturated carbocycles. The predicted molar refractivity (Wildman–Crippen MR) is 218 cm³/mol. The van der Waals surface area contributed by atoms with Crippen LogP contribution in [0.1, 0.15) is 75.1 Å². The minimum atomic E-state index is -1.000. The number of aromatic nitrogens is 4. The lowest BCUT2D eigenvalue weighted by molar-refractivity contribution is -0.136. The SMILES string of the molecule is Cc1cccc(C)c1Nc1nn(C)c2nc(Nc3ccc4c(c3)CN(CCC3(O)CCN(c5ccc6c(c5)C(=O)N(C5CCC(=O)NC5=O)C6=O)CC3)CC4)ncc12. The van der Waals surface area contributed by atoms with Crippen molar-refractivity contribution in [2.24, 2.45) is 7.05 Å². The van der Waals surface area contributed by atoms with Crippen LogP contribution in [0.5, 0.6) is 0 Å². The largest absolute Gasteiger partial charge is 0.390 e. The van der Waals surface area contributed by atoms with Gasteiger partial charge in [0.1, 0.15) is 6.04 Å². The van der Waals surface area contributed by atoms with Gasteiger partial charge < -0.3 is 20.6 Å². The van der Waals surface area contributed by atoms with Crippen LogP contribution < -0.4 is 20.9 Å². The normalized spacial score (nSPS) is 19.3. The maximum Gasteiger partial charge on any atom is 0.262 e. The summed E-state index contributed by atoms with van der Waals surface area (Å²) < 4.78 is 1.76. The van der Waals surface area contributed by atoms with Gasteiger partial charge in [-0.3, -0.25) is 34.3 Å². The van der Waals surface area contributed by atoms with Crippen molar-refractivity contribution in [2.75, 3.05) is 41.7 Å². The molecule has 0 aliphatic carbocycles. The monoisotopic (exact) mass is 782 g/mol. The lowest BCUT2D eigenvalue weighted by Gasteiger charge is -2.41. The molecule has 0 bridgehead atoms. The van der Waals surface area contributed by atoms with E-state index in [0.29, 0.717) is 44.1 Å². The summed E-state index contributed by atoms with van der Waals surface area (Å²) in [4.78, 5) is 65.6. The fourth-order valence-corrected chi connectivity index (χ4v) is 8.79. The van der Waals surface area contributed by atoms with E-state index in [1.54, 1.807) is 23.0 Å². The highest BCUT2D eigenvalue weighted by atomic mass is 16.3. The highest BCUT2D eigenvalue weighted by Gasteiger charge is 2.45. The van der Waals surface area contributed by atoms with Gasteiger partial charge >= 0.3 is 0 Å². The Morgan fingerprint density at radius 1 is 0.897 bits per heavy atom. The fraction of sp³-hybridized carbons (Fsp3) is 0.372. The summed E-state index contributed by atoms with van der Waals surface area (Å²) in [6.07, 6.45) is 4.71. The number of hydrogen-bond donors (Lipinski definition) is 4. The van der Waals surface area contributed by atoms with Gasteiger partial charge in [-0.25, -0.2) is 9.67 Å². The molecule has 3 aromatic carbocycles. The average molecular weight is 783 g/mol. The first kappa shape index (κ1) is 37.4. The lowest BCUT2D eigenvalue weighted by Crippen LogP contribution is -2.54. The summed E-state index contributed by atoms with van der Waals surface area (Å²) in [5.41, 5.74) is 7.97. The number of aryl methyl sites for hydroxylation is 3. The van der Waals surface area contributed by atoms with Crippen molar-refractivity contribution in [3.63, 3.8) is 0 Å². The molecule has 2 fully saturated rings. The molecule has 298 valence electrons. The Morgan fingerprint density at radius 3 is 2.45 bits per heavy atom. The van der Waals surface area contributed by atoms with E-state index in [1.165, 1.54) is 11.1 Å². The number of carbonyl (C=O) groups is 4. The molecular weight excluding hydrogens is 737 g/mol. The minimum absolute atomic E-state index is 0.0749. The smallest absolute Gasteiger partial charge is 0.262 e. The quantitative estimate of drug-likeness (QED) is 0.153. The van der Waals surface area contributed by atoms with E-state index in [9.17, 15) is 24.3 Å². The number of anilines is 5. The Morgan fingerprint density at radius 2 is 1.67 bits per heavy atom. The Balaban J connectivity index is 0.800. The van der Waals surface area contributed by atoms with Crippen molar-refractivity contribution in [3.8, 4) is 0 Å². The summed E-state index contributed by atoms with van der Waals surface area (Å²) in [5.74, 6) is -0.870. The number of imide groups is 2. The van der Waals surface area contributed by atoms with Gasteiger partial charge in [0.05, 0.1) is 22.1 Å². The number of piperidine rings is 2. The van der Waals surface area contributed by atoms with Crippen LogP contribution in [0.2, 0.25) is 0 Å². The first-order valence-corrected chi connectivity index (χ1v) is 19.9. The number of aliphatic hydroxyl groups is 1. The molecule has 2 saturated heterocycles. The molecular formula is C43H46N10O5. The molecule has 2 aromatic heterocycles. The summed E-state index contributed by atoms with van der Waals surface area (Å²) in [7, 11) is 1.88. The maximum absolute atomic E-state index is 13.4. The van der Waals surface area contributed by atoms with Crippen LogP contribution >= 0.6 is 0 Å². The maximum atomic E-state index is 13.4. The molecule has 4 N–H and O–H groups in total. The van der Waals surface area contributed by atoms with Crippen LogP contribution in [0, 0.1) is 13.8 Å². The van der Waals surface area contributed by atoms with Crippen molar-refractivity contribution in [1.82, 2.24) is 34.9 Å². The van der Waals surface area contributed by atoms with E-state index >= 15 is 0 Å². The molecule has 0 spiro atoms. The molecule has 5 aromatic rings. The van der Waals surface area contributed by atoms with Gasteiger partial charge in [-0.1, -0.05) is 24.3 Å². The summed E-state index contributed by atoms with van der Waals surface area (Å²) in [6, 6.07) is 16.8. The zero-order chi connectivity index (χ0) is 40.3. The van der Waals surface area contributed by atoms with E-state index in [0.717, 1.165) is 70.2 Å². The number of nitrogens with one attached hydrogen (secondary N) is 3. The Hall–Kier alpha value is -6.19. The van der Waals surface area contributed by atoms with Crippen molar-refractivity contribution in [3.05, 3.63) is 94.2 Å². The van der Waals surface area contributed by atoms with Gasteiger partial charge in [0, 0.05) is 69.5 Å². The average Bonchev–Trinajstić information content (AvgIpc) is 3.65. The Bertz CT molecular complexity index is 2490. The molecule has 9 rings (SSSR count). The van der Waals surface area contributed by atoms with Crippen LogP contribution in [0.4, 0.5) is 28.8 Å². The predicted octanol–water partition coefficient (Wildman–Crippen LogP) is 4.65. The van der Waals surface area contributed by atoms with E-state index in [4.69, 9.17) is 10.1 Å². The van der Waals surface area contributed by atoms with Crippen LogP contribution in [0.3, 0.4) is 0 Å². The van der Waals surface area contributed by atoms with Crippen LogP contribution in [-0.4, -0.2) is 96.1 Å². The summed E-state index contributed by atoms with van der Waals surface area (Å²) in [6.45, 7) is 7.80. The molecule has 1 atom stereocenters. The second-order valence-corrected chi connectivity index (χ2v) is 16.1. The van der Waals surface area contributed by atoms with Gasteiger partial charge in [-0.15, -0.1) is 0 Å². The van der Waals surface area contributed by atoms with E-state index in [2.05, 4.69) is 74.9 Å². The number of nitrogens with zero attached hydrogens (tertiary/aromatic N) is 7. The molecule has 58 heavy (non-hydrogen) atoms. The number of benzene rings is 3. The van der Waals surface area contributed by atoms with Crippen molar-refractivity contribution in [2.45, 2.75) is 70.6 Å². The third kappa shape index (κ3) is 6.94. The number of rotatable bonds is 9. The molecule has 15 nitrogen and oxygen atoms in total. The van der Waals surface area contributed by atoms with Crippen molar-refractivity contribution >= 4 is 63.5 Å². The highest BCUT2D eigenvalue weighted by molar-refractivity contribution is 6.23. The topological polar surface area (TPSA) is 178 Å². The molecule has 4 aliphatic rings. The Labute approximate surface area is 335 Å². The molecule has 6 heterocycles. The Kier molecular flexibility index (Phi) is 9.43. The standard InChI is InChI=1S/C43H46N10O5/c1-25-5-4-6-26(2)36(25)47-37-33-23-44-42(48-38(33)50(3)49-37)45-29-8-7-27-13-17-51(24-28(27)21-29)18-14-43(58)15-19-52(20-16-43)30-9-10-31-32(22-30)41(57)53(40(31)56)34-11-12-35(54)46-39(34)55/h4-10,21-23,34,58H,11-20,24H2,1-3H3,(H,47,49)(H,44,45,48)(H,46,54,55). The number of amides is 4. The van der Waals surface area contributed by atoms with Crippen molar-refractivity contribution in [1.29, 1.82) is 0 Å². The van der Waals surface area contributed by atoms with E-state index in [-0.39, 0.29) is 24.0 Å². The van der Waals surface area contributed by atoms with Gasteiger partial charge in [0.25, 0.3) is 11.8 Å². The summed E-state index contributed by atoms with van der Waals surface area (Å²) in [5, 5.41) is 26.3.